The first-order chi connectivity index (χ1) is 9.65. The van der Waals surface area contributed by atoms with E-state index in [2.05, 4.69) is 5.32 Å². The number of anilines is 1. The van der Waals surface area contributed by atoms with Gasteiger partial charge in [-0.3, -0.25) is 4.79 Å². The Balaban J connectivity index is 1.75. The Morgan fingerprint density at radius 1 is 1.15 bits per heavy atom. The van der Waals surface area contributed by atoms with Gasteiger partial charge in [0.2, 0.25) is 5.91 Å². The summed E-state index contributed by atoms with van der Waals surface area (Å²) in [5.41, 5.74) is 1.55. The van der Waals surface area contributed by atoms with Crippen molar-refractivity contribution in [3.63, 3.8) is 0 Å². The van der Waals surface area contributed by atoms with Gasteiger partial charge in [0.05, 0.1) is 5.38 Å². The molecule has 0 aromatic heterocycles. The normalized spacial score (nSPS) is 20.5. The number of alkyl halides is 1. The van der Waals surface area contributed by atoms with Gasteiger partial charge in [0, 0.05) is 10.6 Å². The summed E-state index contributed by atoms with van der Waals surface area (Å²) in [6.07, 6.45) is 0. The van der Waals surface area contributed by atoms with E-state index in [4.69, 9.17) is 11.6 Å². The molecule has 1 amide bonds. The summed E-state index contributed by atoms with van der Waals surface area (Å²) in [7, 11) is 0. The fourth-order valence-electron chi connectivity index (χ4n) is 2.11. The topological polar surface area (TPSA) is 29.1 Å². The molecule has 0 spiro atoms. The fourth-order valence-corrected chi connectivity index (χ4v) is 3.83. The molecule has 0 aliphatic carbocycles. The van der Waals surface area contributed by atoms with Gasteiger partial charge in [0.15, 0.2) is 0 Å². The average Bonchev–Trinajstić information content (AvgIpc) is 2.79. The Morgan fingerprint density at radius 2 is 1.85 bits per heavy atom. The molecule has 102 valence electrons. The summed E-state index contributed by atoms with van der Waals surface area (Å²) < 4.78 is 12.8. The highest BCUT2D eigenvalue weighted by Gasteiger charge is 2.36. The highest BCUT2D eigenvalue weighted by molar-refractivity contribution is 8.01. The van der Waals surface area contributed by atoms with Gasteiger partial charge in [0.1, 0.15) is 11.1 Å². The second kappa shape index (κ2) is 5.46. The van der Waals surface area contributed by atoms with Crippen molar-refractivity contribution in [2.45, 2.75) is 15.5 Å². The number of thioether (sulfide) groups is 1. The van der Waals surface area contributed by atoms with E-state index in [0.717, 1.165) is 10.5 Å². The lowest BCUT2D eigenvalue weighted by Gasteiger charge is -2.13. The summed E-state index contributed by atoms with van der Waals surface area (Å²) in [6, 6.07) is 13.4. The number of hydrogen-bond donors (Lipinski definition) is 1. The summed E-state index contributed by atoms with van der Waals surface area (Å²) in [4.78, 5) is 13.3. The van der Waals surface area contributed by atoms with Crippen molar-refractivity contribution in [2.75, 3.05) is 5.32 Å². The number of rotatable bonds is 2. The van der Waals surface area contributed by atoms with Crippen molar-refractivity contribution < 1.29 is 9.18 Å². The van der Waals surface area contributed by atoms with Crippen molar-refractivity contribution in [2.24, 2.45) is 0 Å². The Bertz CT molecular complexity index is 647. The van der Waals surface area contributed by atoms with Crippen molar-refractivity contribution in [1.82, 2.24) is 0 Å². The van der Waals surface area contributed by atoms with E-state index in [-0.39, 0.29) is 22.4 Å². The van der Waals surface area contributed by atoms with Gasteiger partial charge >= 0.3 is 0 Å². The molecule has 3 rings (SSSR count). The molecule has 2 nitrogen and oxygen atoms in total. The lowest BCUT2D eigenvalue weighted by molar-refractivity contribution is -0.115. The molecule has 0 bridgehead atoms. The Kier molecular flexibility index (Phi) is 3.68. The Hall–Kier alpha value is -1.52. The molecule has 1 aliphatic heterocycles. The van der Waals surface area contributed by atoms with Crippen LogP contribution in [0.15, 0.2) is 53.4 Å². The molecule has 2 atom stereocenters. The van der Waals surface area contributed by atoms with Crippen LogP contribution < -0.4 is 5.32 Å². The van der Waals surface area contributed by atoms with E-state index in [9.17, 15) is 9.18 Å². The smallest absolute Gasteiger partial charge is 0.239 e. The summed E-state index contributed by atoms with van der Waals surface area (Å²) in [6.45, 7) is 0. The van der Waals surface area contributed by atoms with E-state index in [1.54, 1.807) is 0 Å². The van der Waals surface area contributed by atoms with Crippen molar-refractivity contribution in [1.29, 1.82) is 0 Å². The zero-order valence-corrected chi connectivity index (χ0v) is 11.9. The number of fused-ring (bicyclic) bond motifs is 1. The number of nitrogens with one attached hydrogen (secondary N) is 1. The molecule has 1 N–H and O–H groups in total. The van der Waals surface area contributed by atoms with Crippen molar-refractivity contribution in [3.05, 3.63) is 59.9 Å². The SMILES string of the molecule is O=C(Nc1ccc(F)cc1)C1Sc2ccccc2C1Cl. The minimum absolute atomic E-state index is 0.169. The number of amides is 1. The molecule has 2 unspecified atom stereocenters. The molecule has 1 aliphatic rings. The molecule has 1 heterocycles. The molecular formula is C15H11ClFNOS. The molecule has 0 radical (unpaired) electrons. The van der Waals surface area contributed by atoms with Crippen molar-refractivity contribution >= 4 is 35.0 Å². The monoisotopic (exact) mass is 307 g/mol. The first-order valence-electron chi connectivity index (χ1n) is 6.11. The quantitative estimate of drug-likeness (QED) is 0.842. The minimum Gasteiger partial charge on any atom is -0.325 e. The summed E-state index contributed by atoms with van der Waals surface area (Å²) in [5, 5.41) is 2.04. The van der Waals surface area contributed by atoms with Gasteiger partial charge < -0.3 is 5.32 Å². The molecule has 0 fully saturated rings. The average molecular weight is 308 g/mol. The molecule has 0 saturated carbocycles. The largest absolute Gasteiger partial charge is 0.325 e. The third-order valence-corrected chi connectivity index (χ3v) is 5.11. The van der Waals surface area contributed by atoms with Crippen LogP contribution in [-0.2, 0) is 4.79 Å². The third kappa shape index (κ3) is 2.53. The van der Waals surface area contributed by atoms with Crippen LogP contribution in [0.3, 0.4) is 0 Å². The Morgan fingerprint density at radius 3 is 2.55 bits per heavy atom. The third-order valence-electron chi connectivity index (χ3n) is 3.11. The minimum atomic E-state index is -0.376. The zero-order valence-electron chi connectivity index (χ0n) is 10.3. The van der Waals surface area contributed by atoms with Crippen LogP contribution in [0, 0.1) is 5.82 Å². The maximum Gasteiger partial charge on any atom is 0.239 e. The lowest BCUT2D eigenvalue weighted by atomic mass is 10.1. The first kappa shape index (κ1) is 13.5. The molecular weight excluding hydrogens is 297 g/mol. The van der Waals surface area contributed by atoms with Gasteiger partial charge in [-0.25, -0.2) is 4.39 Å². The first-order valence-corrected chi connectivity index (χ1v) is 7.43. The zero-order chi connectivity index (χ0) is 14.1. The number of carbonyl (C=O) groups is 1. The van der Waals surface area contributed by atoms with E-state index in [0.29, 0.717) is 5.69 Å². The van der Waals surface area contributed by atoms with E-state index < -0.39 is 0 Å². The predicted molar refractivity (Wildman–Crippen MR) is 79.7 cm³/mol. The van der Waals surface area contributed by atoms with Crippen LogP contribution in [0.5, 0.6) is 0 Å². The number of halogens is 2. The van der Waals surface area contributed by atoms with E-state index >= 15 is 0 Å². The molecule has 2 aromatic rings. The van der Waals surface area contributed by atoms with Gasteiger partial charge in [-0.1, -0.05) is 18.2 Å². The van der Waals surface area contributed by atoms with Crippen LogP contribution in [0.1, 0.15) is 10.9 Å². The highest BCUT2D eigenvalue weighted by Crippen LogP contribution is 2.47. The van der Waals surface area contributed by atoms with Crippen LogP contribution in [0.4, 0.5) is 10.1 Å². The second-order valence-corrected chi connectivity index (χ2v) is 6.13. The van der Waals surface area contributed by atoms with Crippen molar-refractivity contribution in [3.8, 4) is 0 Å². The molecule has 0 saturated heterocycles. The van der Waals surface area contributed by atoms with Gasteiger partial charge in [-0.2, -0.15) is 0 Å². The fraction of sp³-hybridized carbons (Fsp3) is 0.133. The predicted octanol–water partition coefficient (Wildman–Crippen LogP) is 4.22. The van der Waals surface area contributed by atoms with Gasteiger partial charge in [0.25, 0.3) is 0 Å². The highest BCUT2D eigenvalue weighted by atomic mass is 35.5. The van der Waals surface area contributed by atoms with E-state index in [1.807, 2.05) is 24.3 Å². The summed E-state index contributed by atoms with van der Waals surface area (Å²) >= 11 is 7.81. The van der Waals surface area contributed by atoms with Crippen LogP contribution in [0.25, 0.3) is 0 Å². The summed E-state index contributed by atoms with van der Waals surface area (Å²) in [5.74, 6) is -0.501. The van der Waals surface area contributed by atoms with Gasteiger partial charge in [-0.05, 0) is 35.9 Å². The standard InChI is InChI=1S/C15H11ClFNOS/c16-13-11-3-1-2-4-12(11)20-14(13)15(19)18-10-7-5-9(17)6-8-10/h1-8,13-14H,(H,18,19). The van der Waals surface area contributed by atoms with Crippen LogP contribution in [-0.4, -0.2) is 11.2 Å². The number of benzene rings is 2. The molecule has 5 heteroatoms. The number of carbonyl (C=O) groups excluding carboxylic acids is 1. The van der Waals surface area contributed by atoms with Crippen LogP contribution >= 0.6 is 23.4 Å². The lowest BCUT2D eigenvalue weighted by Crippen LogP contribution is -2.26. The molecule has 20 heavy (non-hydrogen) atoms. The second-order valence-electron chi connectivity index (χ2n) is 4.47. The maximum atomic E-state index is 12.8. The Labute approximate surface area is 125 Å². The van der Waals surface area contributed by atoms with Gasteiger partial charge in [-0.15, -0.1) is 23.4 Å². The van der Waals surface area contributed by atoms with E-state index in [1.165, 1.54) is 36.0 Å². The van der Waals surface area contributed by atoms with Crippen LogP contribution in [0.2, 0.25) is 0 Å². The maximum absolute atomic E-state index is 12.8. The number of hydrogen-bond acceptors (Lipinski definition) is 2. The molecule has 2 aromatic carbocycles.